The summed E-state index contributed by atoms with van der Waals surface area (Å²) >= 11 is 0. The van der Waals surface area contributed by atoms with Crippen LogP contribution in [-0.2, 0) is 5.41 Å². The second-order valence-electron chi connectivity index (χ2n) is 5.16. The van der Waals surface area contributed by atoms with Gasteiger partial charge in [-0.15, -0.1) is 6.58 Å². The van der Waals surface area contributed by atoms with Crippen LogP contribution in [0, 0.1) is 11.3 Å². The largest absolute Gasteiger partial charge is 0.192 e. The van der Waals surface area contributed by atoms with E-state index in [1.165, 1.54) is 0 Å². The summed E-state index contributed by atoms with van der Waals surface area (Å²) in [5.41, 5.74) is 3.00. The van der Waals surface area contributed by atoms with Crippen molar-refractivity contribution in [2.45, 2.75) is 39.0 Å². The quantitative estimate of drug-likeness (QED) is 0.677. The van der Waals surface area contributed by atoms with E-state index in [0.29, 0.717) is 0 Å². The maximum absolute atomic E-state index is 9.32. The van der Waals surface area contributed by atoms with Gasteiger partial charge >= 0.3 is 0 Å². The first kappa shape index (κ1) is 12.5. The number of allylic oxidation sites excluding steroid dienone is 1. The Morgan fingerprint density at radius 1 is 1.38 bits per heavy atom. The fraction of sp³-hybridized carbons (Fsp3) is 0.400. The predicted molar refractivity (Wildman–Crippen MR) is 68.5 cm³/mol. The molecule has 0 aliphatic heterocycles. The van der Waals surface area contributed by atoms with Crippen LogP contribution in [0.1, 0.15) is 50.3 Å². The van der Waals surface area contributed by atoms with Gasteiger partial charge in [0.05, 0.1) is 11.6 Å². The average Bonchev–Trinajstić information content (AvgIpc) is 2.25. The lowest BCUT2D eigenvalue weighted by Gasteiger charge is -2.23. The number of nitriles is 1. The number of hydrogen-bond donors (Lipinski definition) is 0. The molecule has 1 aromatic rings. The Morgan fingerprint density at radius 2 is 2.00 bits per heavy atom. The molecule has 0 saturated carbocycles. The number of rotatable bonds is 2. The number of hydrogen-bond acceptors (Lipinski definition) is 1. The summed E-state index contributed by atoms with van der Waals surface area (Å²) in [6.45, 7) is 12.3. The second kappa shape index (κ2) is 4.53. The highest BCUT2D eigenvalue weighted by molar-refractivity contribution is 5.49. The molecule has 0 N–H and O–H groups in total. The minimum absolute atomic E-state index is 0.00195. The molecule has 1 nitrogen and oxygen atoms in total. The van der Waals surface area contributed by atoms with Gasteiger partial charge in [-0.2, -0.15) is 5.26 Å². The maximum Gasteiger partial charge on any atom is 0.0997 e. The minimum atomic E-state index is 0.00195. The molecule has 0 radical (unpaired) electrons. The van der Waals surface area contributed by atoms with E-state index in [-0.39, 0.29) is 11.3 Å². The Labute approximate surface area is 98.4 Å². The van der Waals surface area contributed by atoms with Gasteiger partial charge in [-0.3, -0.25) is 0 Å². The third kappa shape index (κ3) is 2.33. The molecule has 0 aliphatic carbocycles. The molecule has 0 saturated heterocycles. The molecule has 0 spiro atoms. The van der Waals surface area contributed by atoms with Gasteiger partial charge in [0.2, 0.25) is 0 Å². The Morgan fingerprint density at radius 3 is 2.44 bits per heavy atom. The summed E-state index contributed by atoms with van der Waals surface area (Å²) < 4.78 is 0. The van der Waals surface area contributed by atoms with Crippen molar-refractivity contribution >= 4 is 0 Å². The standard InChI is InChI=1S/C15H19N/c1-6-11(2)12-8-7-9-14(13(12)10-16)15(3,4)5/h6-9,11H,1H2,2-5H3. The number of nitrogens with zero attached hydrogens (tertiary/aromatic N) is 1. The molecule has 1 rings (SSSR count). The Balaban J connectivity index is 3.45. The van der Waals surface area contributed by atoms with Gasteiger partial charge in [-0.1, -0.05) is 52.0 Å². The van der Waals surface area contributed by atoms with Crippen LogP contribution in [0.3, 0.4) is 0 Å². The van der Waals surface area contributed by atoms with E-state index in [4.69, 9.17) is 0 Å². The Hall–Kier alpha value is -1.55. The van der Waals surface area contributed by atoms with Crippen LogP contribution in [0.5, 0.6) is 0 Å². The molecule has 0 amide bonds. The predicted octanol–water partition coefficient (Wildman–Crippen LogP) is 4.15. The normalized spacial score (nSPS) is 12.9. The molecule has 1 heteroatoms. The van der Waals surface area contributed by atoms with Gasteiger partial charge in [0.15, 0.2) is 0 Å². The summed E-state index contributed by atoms with van der Waals surface area (Å²) in [5.74, 6) is 0.219. The maximum atomic E-state index is 9.32. The third-order valence-corrected chi connectivity index (χ3v) is 2.86. The molecule has 0 heterocycles. The third-order valence-electron chi connectivity index (χ3n) is 2.86. The van der Waals surface area contributed by atoms with E-state index < -0.39 is 0 Å². The van der Waals surface area contributed by atoms with Crippen molar-refractivity contribution in [1.29, 1.82) is 5.26 Å². The Bertz CT molecular complexity index is 430. The second-order valence-corrected chi connectivity index (χ2v) is 5.16. The van der Waals surface area contributed by atoms with Gasteiger partial charge in [-0.05, 0) is 16.5 Å². The van der Waals surface area contributed by atoms with E-state index in [1.807, 2.05) is 24.3 Å². The molecule has 1 atom stereocenters. The van der Waals surface area contributed by atoms with Crippen molar-refractivity contribution in [3.8, 4) is 6.07 Å². The highest BCUT2D eigenvalue weighted by Gasteiger charge is 2.20. The summed E-state index contributed by atoms with van der Waals surface area (Å²) in [7, 11) is 0. The molecule has 1 aromatic carbocycles. The van der Waals surface area contributed by atoms with Crippen molar-refractivity contribution in [2.24, 2.45) is 0 Å². The smallest absolute Gasteiger partial charge is 0.0997 e. The molecule has 1 unspecified atom stereocenters. The molecular weight excluding hydrogens is 194 g/mol. The van der Waals surface area contributed by atoms with Crippen molar-refractivity contribution < 1.29 is 0 Å². The summed E-state index contributed by atoms with van der Waals surface area (Å²) in [4.78, 5) is 0. The van der Waals surface area contributed by atoms with Crippen molar-refractivity contribution in [3.63, 3.8) is 0 Å². The van der Waals surface area contributed by atoms with Crippen LogP contribution >= 0.6 is 0 Å². The van der Waals surface area contributed by atoms with Gasteiger partial charge in [0, 0.05) is 5.92 Å². The van der Waals surface area contributed by atoms with Crippen LogP contribution in [0.25, 0.3) is 0 Å². The summed E-state index contributed by atoms with van der Waals surface area (Å²) in [6, 6.07) is 8.42. The van der Waals surface area contributed by atoms with Crippen LogP contribution in [0.15, 0.2) is 30.9 Å². The van der Waals surface area contributed by atoms with Crippen LogP contribution in [0.4, 0.5) is 0 Å². The molecule has 84 valence electrons. The molecule has 0 aromatic heterocycles. The number of benzene rings is 1. The first-order chi connectivity index (χ1) is 7.41. The zero-order valence-corrected chi connectivity index (χ0v) is 10.5. The average molecular weight is 213 g/mol. The molecule has 0 bridgehead atoms. The van der Waals surface area contributed by atoms with E-state index in [1.54, 1.807) is 0 Å². The first-order valence-electron chi connectivity index (χ1n) is 5.58. The lowest BCUT2D eigenvalue weighted by Crippen LogP contribution is -2.14. The Kier molecular flexibility index (Phi) is 3.55. The van der Waals surface area contributed by atoms with Crippen molar-refractivity contribution in [3.05, 3.63) is 47.5 Å². The van der Waals surface area contributed by atoms with Gasteiger partial charge < -0.3 is 0 Å². The lowest BCUT2D eigenvalue weighted by atomic mass is 9.80. The van der Waals surface area contributed by atoms with Crippen molar-refractivity contribution in [1.82, 2.24) is 0 Å². The highest BCUT2D eigenvalue weighted by Crippen LogP contribution is 2.30. The van der Waals surface area contributed by atoms with E-state index in [9.17, 15) is 5.26 Å². The van der Waals surface area contributed by atoms with Gasteiger partial charge in [-0.25, -0.2) is 0 Å². The van der Waals surface area contributed by atoms with Crippen LogP contribution < -0.4 is 0 Å². The monoisotopic (exact) mass is 213 g/mol. The molecule has 0 aliphatic rings. The van der Waals surface area contributed by atoms with Gasteiger partial charge in [0.1, 0.15) is 0 Å². The zero-order chi connectivity index (χ0) is 12.3. The topological polar surface area (TPSA) is 23.8 Å². The summed E-state index contributed by atoms with van der Waals surface area (Å²) in [6.07, 6.45) is 1.88. The highest BCUT2D eigenvalue weighted by atomic mass is 14.3. The fourth-order valence-corrected chi connectivity index (χ4v) is 1.83. The SMILES string of the molecule is C=CC(C)c1cccc(C(C)(C)C)c1C#N. The molecule has 16 heavy (non-hydrogen) atoms. The lowest BCUT2D eigenvalue weighted by molar-refractivity contribution is 0.587. The molecular formula is C15H19N. The zero-order valence-electron chi connectivity index (χ0n) is 10.5. The van der Waals surface area contributed by atoms with Crippen molar-refractivity contribution in [2.75, 3.05) is 0 Å². The molecule has 0 fully saturated rings. The fourth-order valence-electron chi connectivity index (χ4n) is 1.83. The summed E-state index contributed by atoms with van der Waals surface area (Å²) in [5, 5.41) is 9.32. The van der Waals surface area contributed by atoms with Crippen LogP contribution in [-0.4, -0.2) is 0 Å². The van der Waals surface area contributed by atoms with Crippen LogP contribution in [0.2, 0.25) is 0 Å². The first-order valence-corrected chi connectivity index (χ1v) is 5.58. The van der Waals surface area contributed by atoms with Gasteiger partial charge in [0.25, 0.3) is 0 Å². The van der Waals surface area contributed by atoms with E-state index in [0.717, 1.165) is 16.7 Å². The van der Waals surface area contributed by atoms with E-state index >= 15 is 0 Å². The minimum Gasteiger partial charge on any atom is -0.192 e. The van der Waals surface area contributed by atoms with E-state index in [2.05, 4.69) is 40.3 Å².